The Kier molecular flexibility index (Phi) is 5.94. The van der Waals surface area contributed by atoms with Gasteiger partial charge in [-0.15, -0.1) is 0 Å². The minimum absolute atomic E-state index is 0.203. The zero-order chi connectivity index (χ0) is 18.5. The number of halogens is 1. The van der Waals surface area contributed by atoms with Crippen molar-refractivity contribution in [1.82, 2.24) is 5.32 Å². The van der Waals surface area contributed by atoms with Gasteiger partial charge >= 0.3 is 0 Å². The van der Waals surface area contributed by atoms with Crippen LogP contribution in [0.4, 0.5) is 5.69 Å². The zero-order valence-electron chi connectivity index (χ0n) is 14.8. The third-order valence-corrected chi connectivity index (χ3v) is 5.27. The number of benzene rings is 2. The van der Waals surface area contributed by atoms with Crippen LogP contribution in [-0.4, -0.2) is 18.9 Å². The topological polar surface area (TPSA) is 58.2 Å². The molecule has 0 heterocycles. The van der Waals surface area contributed by atoms with Gasteiger partial charge in [-0.1, -0.05) is 43.0 Å². The molecule has 0 atom stereocenters. The largest absolute Gasteiger partial charge is 0.355 e. The lowest BCUT2D eigenvalue weighted by molar-refractivity contribution is 0.0961. The Morgan fingerprint density at radius 2 is 1.65 bits per heavy atom. The first-order valence-electron chi connectivity index (χ1n) is 9.01. The molecule has 2 aromatic carbocycles. The van der Waals surface area contributed by atoms with E-state index in [1.165, 1.54) is 44.7 Å². The molecule has 0 radical (unpaired) electrons. The molecular weight excluding hydrogens is 348 g/mol. The van der Waals surface area contributed by atoms with Gasteiger partial charge in [0.05, 0.1) is 10.6 Å². The Balaban J connectivity index is 1.71. The van der Waals surface area contributed by atoms with Crippen LogP contribution in [0.25, 0.3) is 0 Å². The van der Waals surface area contributed by atoms with Crippen molar-refractivity contribution in [2.24, 2.45) is 0 Å². The van der Waals surface area contributed by atoms with E-state index in [-0.39, 0.29) is 11.8 Å². The van der Waals surface area contributed by atoms with E-state index in [0.29, 0.717) is 27.8 Å². The highest BCUT2D eigenvalue weighted by Gasteiger charge is 2.16. The molecule has 1 aliphatic carbocycles. The van der Waals surface area contributed by atoms with Crippen molar-refractivity contribution in [1.29, 1.82) is 0 Å². The Labute approximate surface area is 158 Å². The van der Waals surface area contributed by atoms with Crippen LogP contribution in [0.3, 0.4) is 0 Å². The van der Waals surface area contributed by atoms with Gasteiger partial charge in [0, 0.05) is 18.3 Å². The first kappa shape index (κ1) is 18.5. The molecule has 2 aromatic rings. The Morgan fingerprint density at radius 3 is 2.31 bits per heavy atom. The van der Waals surface area contributed by atoms with Crippen LogP contribution in [-0.2, 0) is 0 Å². The van der Waals surface area contributed by atoms with E-state index in [4.69, 9.17) is 11.6 Å². The number of amides is 2. The minimum Gasteiger partial charge on any atom is -0.355 e. The number of carbonyl (C=O) groups excluding carboxylic acids is 2. The molecule has 3 rings (SSSR count). The molecule has 0 bridgehead atoms. The summed E-state index contributed by atoms with van der Waals surface area (Å²) < 4.78 is 0. The van der Waals surface area contributed by atoms with Crippen LogP contribution in [0.5, 0.6) is 0 Å². The standard InChI is InChI=1S/C21H23ClN2O2/c1-23-21(26)18-13-17(11-12-19(18)22)24-20(25)16-9-7-15(8-10-16)14-5-3-2-4-6-14/h7-14H,2-6H2,1H3,(H,23,26)(H,24,25). The predicted octanol–water partition coefficient (Wildman–Crippen LogP) is 5.00. The molecule has 0 spiro atoms. The summed E-state index contributed by atoms with van der Waals surface area (Å²) in [6.07, 6.45) is 6.38. The first-order valence-corrected chi connectivity index (χ1v) is 9.39. The molecule has 0 aliphatic heterocycles. The van der Waals surface area contributed by atoms with E-state index in [9.17, 15) is 9.59 Å². The van der Waals surface area contributed by atoms with E-state index in [0.717, 1.165) is 0 Å². The third-order valence-electron chi connectivity index (χ3n) is 4.95. The second-order valence-corrected chi connectivity index (χ2v) is 7.09. The smallest absolute Gasteiger partial charge is 0.255 e. The summed E-state index contributed by atoms with van der Waals surface area (Å²) in [4.78, 5) is 24.3. The average molecular weight is 371 g/mol. The van der Waals surface area contributed by atoms with Crippen LogP contribution >= 0.6 is 11.6 Å². The summed E-state index contributed by atoms with van der Waals surface area (Å²) in [6.45, 7) is 0. The first-order chi connectivity index (χ1) is 12.6. The van der Waals surface area contributed by atoms with E-state index < -0.39 is 0 Å². The third kappa shape index (κ3) is 4.25. The van der Waals surface area contributed by atoms with E-state index in [1.54, 1.807) is 18.2 Å². The maximum Gasteiger partial charge on any atom is 0.255 e. The van der Waals surface area contributed by atoms with Gasteiger partial charge in [-0.05, 0) is 54.7 Å². The Morgan fingerprint density at radius 1 is 0.962 bits per heavy atom. The molecule has 2 N–H and O–H groups in total. The van der Waals surface area contributed by atoms with Gasteiger partial charge in [-0.25, -0.2) is 0 Å². The lowest BCUT2D eigenvalue weighted by Gasteiger charge is -2.22. The highest BCUT2D eigenvalue weighted by Crippen LogP contribution is 2.32. The molecule has 136 valence electrons. The van der Waals surface area contributed by atoms with Gasteiger partial charge in [0.2, 0.25) is 0 Å². The minimum atomic E-state index is -0.289. The lowest BCUT2D eigenvalue weighted by Crippen LogP contribution is -2.19. The molecule has 5 heteroatoms. The molecule has 1 fully saturated rings. The van der Waals surface area contributed by atoms with Crippen molar-refractivity contribution in [3.63, 3.8) is 0 Å². The maximum absolute atomic E-state index is 12.5. The maximum atomic E-state index is 12.5. The van der Waals surface area contributed by atoms with E-state index in [2.05, 4.69) is 22.8 Å². The highest BCUT2D eigenvalue weighted by molar-refractivity contribution is 6.34. The number of rotatable bonds is 4. The summed E-state index contributed by atoms with van der Waals surface area (Å²) in [7, 11) is 1.54. The number of hydrogen-bond acceptors (Lipinski definition) is 2. The van der Waals surface area contributed by atoms with Crippen molar-refractivity contribution in [3.8, 4) is 0 Å². The second-order valence-electron chi connectivity index (χ2n) is 6.68. The zero-order valence-corrected chi connectivity index (χ0v) is 15.6. The van der Waals surface area contributed by atoms with Gasteiger partial charge < -0.3 is 10.6 Å². The Bertz CT molecular complexity index is 796. The molecule has 4 nitrogen and oxygen atoms in total. The number of hydrogen-bond donors (Lipinski definition) is 2. The van der Waals surface area contributed by atoms with Gasteiger partial charge in [-0.2, -0.15) is 0 Å². The molecule has 2 amide bonds. The van der Waals surface area contributed by atoms with Crippen molar-refractivity contribution in [2.75, 3.05) is 12.4 Å². The fraction of sp³-hybridized carbons (Fsp3) is 0.333. The molecule has 1 saturated carbocycles. The number of nitrogens with one attached hydrogen (secondary N) is 2. The molecule has 26 heavy (non-hydrogen) atoms. The van der Waals surface area contributed by atoms with Crippen LogP contribution in [0.1, 0.15) is 64.3 Å². The highest BCUT2D eigenvalue weighted by atomic mass is 35.5. The summed E-state index contributed by atoms with van der Waals surface area (Å²) >= 11 is 6.04. The van der Waals surface area contributed by atoms with Crippen molar-refractivity contribution in [3.05, 3.63) is 64.2 Å². The molecule has 1 aliphatic rings. The van der Waals surface area contributed by atoms with Crippen molar-refractivity contribution < 1.29 is 9.59 Å². The lowest BCUT2D eigenvalue weighted by atomic mass is 9.84. The van der Waals surface area contributed by atoms with Gasteiger partial charge in [0.1, 0.15) is 0 Å². The summed E-state index contributed by atoms with van der Waals surface area (Å²) in [5, 5.41) is 5.71. The van der Waals surface area contributed by atoms with E-state index in [1.807, 2.05) is 12.1 Å². The predicted molar refractivity (Wildman–Crippen MR) is 105 cm³/mol. The molecule has 0 aromatic heterocycles. The van der Waals surface area contributed by atoms with Gasteiger partial charge in [-0.3, -0.25) is 9.59 Å². The van der Waals surface area contributed by atoms with Crippen molar-refractivity contribution >= 4 is 29.1 Å². The molecule has 0 unspecified atom stereocenters. The van der Waals surface area contributed by atoms with Crippen LogP contribution in [0.2, 0.25) is 5.02 Å². The molecular formula is C21H23ClN2O2. The number of carbonyl (C=O) groups is 2. The van der Waals surface area contributed by atoms with Crippen molar-refractivity contribution in [2.45, 2.75) is 38.0 Å². The number of anilines is 1. The normalized spacial score (nSPS) is 14.7. The van der Waals surface area contributed by atoms with E-state index >= 15 is 0 Å². The summed E-state index contributed by atoms with van der Waals surface area (Å²) in [6, 6.07) is 12.7. The Hall–Kier alpha value is -2.33. The SMILES string of the molecule is CNC(=O)c1cc(NC(=O)c2ccc(C3CCCCC3)cc2)ccc1Cl. The summed E-state index contributed by atoms with van der Waals surface area (Å²) in [5.74, 6) is 0.126. The van der Waals surface area contributed by atoms with Crippen LogP contribution in [0, 0.1) is 0 Å². The van der Waals surface area contributed by atoms with Gasteiger partial charge in [0.15, 0.2) is 0 Å². The molecule has 0 saturated heterocycles. The average Bonchev–Trinajstić information content (AvgIpc) is 2.69. The fourth-order valence-corrected chi connectivity index (χ4v) is 3.66. The monoisotopic (exact) mass is 370 g/mol. The van der Waals surface area contributed by atoms with Crippen LogP contribution in [0.15, 0.2) is 42.5 Å². The summed E-state index contributed by atoms with van der Waals surface area (Å²) in [5.41, 5.74) is 2.78. The second kappa shape index (κ2) is 8.37. The van der Waals surface area contributed by atoms with Gasteiger partial charge in [0.25, 0.3) is 11.8 Å². The quantitative estimate of drug-likeness (QED) is 0.795. The fourth-order valence-electron chi connectivity index (χ4n) is 3.46. The van der Waals surface area contributed by atoms with Crippen LogP contribution < -0.4 is 10.6 Å².